The van der Waals surface area contributed by atoms with Crippen molar-refractivity contribution in [2.75, 3.05) is 24.0 Å². The van der Waals surface area contributed by atoms with Crippen LogP contribution in [0.25, 0.3) is 56.7 Å². The van der Waals surface area contributed by atoms with Crippen LogP contribution in [0.4, 0.5) is 35.1 Å². The first-order valence-corrected chi connectivity index (χ1v) is 47.4. The van der Waals surface area contributed by atoms with E-state index in [1.807, 2.05) is 50.2 Å². The Bertz CT molecular complexity index is 7010. The van der Waals surface area contributed by atoms with E-state index in [9.17, 15) is 61.9 Å². The lowest BCUT2D eigenvalue weighted by molar-refractivity contribution is -0.147. The summed E-state index contributed by atoms with van der Waals surface area (Å²) in [5.74, 6) is -4.19. The number of carboxylic acid groups (broad SMARTS) is 1. The molecule has 8 aliphatic rings. The first-order chi connectivity index (χ1) is 61.5. The molecule has 1 N–H and O–H groups in total. The Morgan fingerprint density at radius 3 is 1.06 bits per heavy atom. The Morgan fingerprint density at radius 2 is 0.700 bits per heavy atom. The van der Waals surface area contributed by atoms with Gasteiger partial charge < -0.3 is 5.11 Å². The summed E-state index contributed by atoms with van der Waals surface area (Å²) >= 11 is 18.9. The first-order valence-electron chi connectivity index (χ1n) is 42.2. The number of aromatic nitrogens is 17. The second-order valence-electron chi connectivity index (χ2n) is 37.1. The molecule has 13 aromatic rings. The van der Waals surface area contributed by atoms with Crippen molar-refractivity contribution >= 4 is 60.4 Å². The molecule has 130 heavy (non-hydrogen) atoms. The molecule has 4 aromatic carbocycles. The molecular formula is C94H84Cl3F8N17O6S2. The van der Waals surface area contributed by atoms with Crippen molar-refractivity contribution in [1.29, 1.82) is 0 Å². The quantitative estimate of drug-likeness (QED) is 0.0694. The molecule has 0 amide bonds. The fourth-order valence-electron chi connectivity index (χ4n) is 23.1. The summed E-state index contributed by atoms with van der Waals surface area (Å²) in [5, 5.41) is 54.2. The summed E-state index contributed by atoms with van der Waals surface area (Å²) in [6.07, 6.45) is 13.9. The number of hydrogen-bond acceptors (Lipinski definition) is 20. The van der Waals surface area contributed by atoms with Gasteiger partial charge in [0.2, 0.25) is 0 Å². The topological polar surface area (TPSA) is 309 Å². The summed E-state index contributed by atoms with van der Waals surface area (Å²) in [7, 11) is -6.29. The van der Waals surface area contributed by atoms with E-state index in [1.165, 1.54) is 103 Å². The lowest BCUT2D eigenvalue weighted by Gasteiger charge is -2.38. The number of carbonyl (C=O) groups is 1. The molecule has 21 rings (SSSR count). The van der Waals surface area contributed by atoms with Crippen molar-refractivity contribution in [3.05, 3.63) is 288 Å². The van der Waals surface area contributed by atoms with Gasteiger partial charge in [-0.3, -0.25) is 4.79 Å². The van der Waals surface area contributed by atoms with Crippen molar-refractivity contribution in [1.82, 2.24) is 85.3 Å². The average molecular weight is 1870 g/mol. The standard InChI is InChI=1S/C27H25ClF2N6O2S.C27H26F2N6O2S.C22H17Cl2F2N3.C18H16F2N2O2/c1-26(2)17-7-9-27(26,25-16(17)13-20(33-34-25)24-18(29)5-4-6-19(24)30)15-11-21(28)32-23(12-15)36-14-31-22(35-36)8-10-39(3,37)38;1-26(2)18-7-10-27(26,25-17(18)14-21(32-33-25)24-19(28)5-4-6-20(24)29)16-8-11-30-23(13-16)35-15-31-22(34-35)9-12-38(3,36)37;1-21(2)13-6-7-22(21,11-8-17(23)27-18(24)9-11)20-12(13)10-16(28-29-20)19-14(25)4-3-5-15(19)26;1-17(2)10-6-7-18(17,16(23)24)15-9(10)8-13(21-22-15)14-11(19)4-3-5-12(14)20/h4-6,11-14,17H,7-10H2,1-3H3;4-6,8,11,13-15,18H,7,9-10,12H2,1-3H3;3-5,8-10,13H,6-7H2,1-2H3;3-5,8,10H,6-7H2,1-2H3,(H,23,24)/t17-,27-;18-,27-;13-,22-;10-,18+/m0000/s1. The van der Waals surface area contributed by atoms with Gasteiger partial charge in [0.1, 0.15) is 99.7 Å². The molecule has 0 aliphatic heterocycles. The van der Waals surface area contributed by atoms with Crippen LogP contribution in [0.1, 0.15) is 204 Å². The number of nitrogens with zero attached hydrogens (tertiary/aromatic N) is 17. The van der Waals surface area contributed by atoms with Crippen molar-refractivity contribution in [3.8, 4) is 56.7 Å². The molecule has 36 heteroatoms. The fourth-order valence-corrected chi connectivity index (χ4v) is 24.9. The lowest BCUT2D eigenvalue weighted by atomic mass is 9.64. The zero-order valence-corrected chi connectivity index (χ0v) is 75.7. The smallest absolute Gasteiger partial charge is 0.316 e. The van der Waals surface area contributed by atoms with Crippen molar-refractivity contribution in [3.63, 3.8) is 0 Å². The second kappa shape index (κ2) is 32.0. The maximum atomic E-state index is 14.6. The molecule has 9 heterocycles. The number of carboxylic acids is 1. The predicted octanol–water partition coefficient (Wildman–Crippen LogP) is 19.0. The van der Waals surface area contributed by atoms with Crippen LogP contribution in [0.3, 0.4) is 0 Å². The summed E-state index contributed by atoms with van der Waals surface area (Å²) in [5.41, 5.74) is 5.51. The highest BCUT2D eigenvalue weighted by atomic mass is 35.5. The van der Waals surface area contributed by atoms with Crippen molar-refractivity contribution < 1.29 is 61.9 Å². The van der Waals surface area contributed by atoms with E-state index in [2.05, 4.69) is 117 Å². The second-order valence-corrected chi connectivity index (χ2v) is 42.8. The molecule has 8 bridgehead atoms. The number of hydrogen-bond donors (Lipinski definition) is 1. The molecule has 0 unspecified atom stereocenters. The number of pyridine rings is 3. The molecular weight excluding hydrogens is 1790 g/mol. The minimum Gasteiger partial charge on any atom is -0.481 e. The zero-order chi connectivity index (χ0) is 92.4. The van der Waals surface area contributed by atoms with Gasteiger partial charge in [-0.25, -0.2) is 86.2 Å². The summed E-state index contributed by atoms with van der Waals surface area (Å²) in [6, 6.07) is 33.2. The van der Waals surface area contributed by atoms with Crippen LogP contribution in [0, 0.1) is 68.2 Å². The number of halogens is 11. The normalized spacial score (nSPS) is 22.9. The minimum atomic E-state index is -3.16. The van der Waals surface area contributed by atoms with E-state index < -0.39 is 99.3 Å². The maximum Gasteiger partial charge on any atom is 0.316 e. The van der Waals surface area contributed by atoms with E-state index in [1.54, 1.807) is 35.1 Å². The Hall–Kier alpha value is -11.4. The summed E-state index contributed by atoms with van der Waals surface area (Å²) in [6.45, 7) is 17.0. The highest BCUT2D eigenvalue weighted by molar-refractivity contribution is 7.90. The van der Waals surface area contributed by atoms with Gasteiger partial charge in [-0.05, 0) is 245 Å². The van der Waals surface area contributed by atoms with Crippen LogP contribution in [-0.4, -0.2) is 137 Å². The maximum absolute atomic E-state index is 14.6. The third kappa shape index (κ3) is 14.1. The summed E-state index contributed by atoms with van der Waals surface area (Å²) < 4.78 is 164. The molecule has 23 nitrogen and oxygen atoms in total. The number of rotatable bonds is 16. The van der Waals surface area contributed by atoms with Crippen LogP contribution in [0.5, 0.6) is 0 Å². The van der Waals surface area contributed by atoms with Gasteiger partial charge >= 0.3 is 5.97 Å². The zero-order valence-electron chi connectivity index (χ0n) is 71.8. The highest BCUT2D eigenvalue weighted by Crippen LogP contribution is 2.74. The van der Waals surface area contributed by atoms with Gasteiger partial charge in [0.25, 0.3) is 0 Å². The van der Waals surface area contributed by atoms with Gasteiger partial charge in [0.15, 0.2) is 23.3 Å². The minimum absolute atomic E-state index is 0.00677. The van der Waals surface area contributed by atoms with Gasteiger partial charge in [0.05, 0.1) is 79.3 Å². The molecule has 4 fully saturated rings. The predicted molar refractivity (Wildman–Crippen MR) is 469 cm³/mol. The van der Waals surface area contributed by atoms with Crippen LogP contribution in [0.2, 0.25) is 15.5 Å². The number of sulfone groups is 2. The number of benzene rings is 4. The van der Waals surface area contributed by atoms with Crippen LogP contribution in [0.15, 0.2) is 152 Å². The van der Waals surface area contributed by atoms with E-state index in [-0.39, 0.29) is 114 Å². The monoisotopic (exact) mass is 1870 g/mol. The van der Waals surface area contributed by atoms with Gasteiger partial charge in [0, 0.05) is 47.8 Å². The van der Waals surface area contributed by atoms with Crippen LogP contribution < -0.4 is 0 Å². The summed E-state index contributed by atoms with van der Waals surface area (Å²) in [4.78, 5) is 33.5. The number of aliphatic carboxylic acids is 1. The molecule has 4 saturated carbocycles. The molecule has 0 radical (unpaired) electrons. The third-order valence-corrected chi connectivity index (χ3v) is 31.9. The SMILES string of the molecule is CC1(C)[C@H]2CC[C@]1(C(=O)O)c1nnc(-c3c(F)cccc3F)cc12.CC1(C)[C@H]2CC[C@]1(c1cc(Cl)nc(-n3cnc(CCS(C)(=O)=O)n3)c1)c1nnc(-c3c(F)cccc3F)cc12.CC1(C)[C@H]2CC[C@]1(c1cc(Cl)nc(Cl)c1)c1nnc(-c3c(F)cccc3F)cc12.CC1(C)[C@H]2CC[C@]1(c1ccnc(-n3cnc(CCS(C)(=O)=O)n3)c1)c1nnc(-c3c(F)cccc3F)cc12. The van der Waals surface area contributed by atoms with Crippen LogP contribution in [-0.2, 0) is 59.0 Å². The van der Waals surface area contributed by atoms with E-state index in [0.717, 1.165) is 101 Å². The Morgan fingerprint density at radius 1 is 0.392 bits per heavy atom. The molecule has 0 saturated heterocycles. The van der Waals surface area contributed by atoms with Gasteiger partial charge in [-0.15, -0.1) is 30.6 Å². The van der Waals surface area contributed by atoms with E-state index in [4.69, 9.17) is 34.8 Å². The Labute approximate surface area is 757 Å². The molecule has 8 aliphatic carbocycles. The largest absolute Gasteiger partial charge is 0.481 e. The highest BCUT2D eigenvalue weighted by Gasteiger charge is 2.70. The van der Waals surface area contributed by atoms with Gasteiger partial charge in [-0.2, -0.15) is 20.4 Å². The Kier molecular flexibility index (Phi) is 21.9. The van der Waals surface area contributed by atoms with Crippen molar-refractivity contribution in [2.45, 2.75) is 165 Å². The first kappa shape index (κ1) is 89.2. The van der Waals surface area contributed by atoms with Crippen LogP contribution >= 0.6 is 34.8 Å². The molecule has 670 valence electrons. The number of aryl methyl sites for hydroxylation is 2. The third-order valence-electron chi connectivity index (χ3n) is 29.5. The molecule has 9 aromatic heterocycles. The molecule has 0 spiro atoms. The number of fused-ring (bicyclic) bond motifs is 20. The van der Waals surface area contributed by atoms with Crippen molar-refractivity contribution in [2.24, 2.45) is 21.7 Å². The fraction of sp³-hybridized carbons (Fsp3) is 0.362. The Balaban J connectivity index is 0.000000119. The van der Waals surface area contributed by atoms with Gasteiger partial charge in [-0.1, -0.05) is 114 Å². The lowest BCUT2D eigenvalue weighted by Crippen LogP contribution is -2.43. The van der Waals surface area contributed by atoms with E-state index >= 15 is 0 Å². The average Bonchev–Trinajstić information content (AvgIpc) is 1.53. The van der Waals surface area contributed by atoms with E-state index in [0.29, 0.717) is 45.7 Å². The molecule has 8 atom stereocenters.